The maximum Gasteiger partial charge on any atom is 0.273 e. The minimum Gasteiger partial charge on any atom is -0.507 e. The maximum atomic E-state index is 13.2. The smallest absolute Gasteiger partial charge is 0.273 e. The van der Waals surface area contributed by atoms with Gasteiger partial charge < -0.3 is 10.2 Å². The first-order chi connectivity index (χ1) is 22.1. The molecule has 2 atom stereocenters. The Bertz CT molecular complexity index is 1280. The first kappa shape index (κ1) is 38.1. The van der Waals surface area contributed by atoms with Crippen molar-refractivity contribution in [1.82, 2.24) is 21.7 Å². The van der Waals surface area contributed by atoms with E-state index in [0.717, 1.165) is 81.8 Å². The first-order valence-corrected chi connectivity index (χ1v) is 17.0. The van der Waals surface area contributed by atoms with Gasteiger partial charge in [0.25, 0.3) is 11.8 Å². The van der Waals surface area contributed by atoms with Crippen molar-refractivity contribution < 1.29 is 29.4 Å². The summed E-state index contributed by atoms with van der Waals surface area (Å²) in [4.78, 5) is 51.8. The summed E-state index contributed by atoms with van der Waals surface area (Å²) in [5.41, 5.74) is 11.7. The minimum atomic E-state index is -0.641. The third kappa shape index (κ3) is 12.7. The van der Waals surface area contributed by atoms with Gasteiger partial charge in [0.2, 0.25) is 11.8 Å². The normalized spacial score (nSPS) is 12.2. The molecule has 0 aliphatic heterocycles. The predicted octanol–water partition coefficient (Wildman–Crippen LogP) is 6.40. The highest BCUT2D eigenvalue weighted by atomic mass is 16.3. The number of aryl methyl sites for hydroxylation is 2. The van der Waals surface area contributed by atoms with E-state index in [9.17, 15) is 29.4 Å². The van der Waals surface area contributed by atoms with Gasteiger partial charge in [-0.15, -0.1) is 0 Å². The third-order valence-electron chi connectivity index (χ3n) is 8.31. The number of aromatic hydroxyl groups is 2. The van der Waals surface area contributed by atoms with Crippen LogP contribution in [0.4, 0.5) is 0 Å². The number of rotatable bonds is 19. The molecule has 0 fully saturated rings. The monoisotopic (exact) mass is 638 g/mol. The van der Waals surface area contributed by atoms with Crippen LogP contribution in [0.2, 0.25) is 0 Å². The van der Waals surface area contributed by atoms with Crippen molar-refractivity contribution in [2.24, 2.45) is 11.8 Å². The van der Waals surface area contributed by atoms with Gasteiger partial charge in [-0.3, -0.25) is 40.9 Å². The van der Waals surface area contributed by atoms with Crippen molar-refractivity contribution >= 4 is 23.6 Å². The number of phenols is 2. The van der Waals surface area contributed by atoms with Crippen LogP contribution >= 0.6 is 0 Å². The third-order valence-corrected chi connectivity index (χ3v) is 8.31. The molecule has 0 heterocycles. The number of nitrogens with one attached hydrogen (secondary N) is 4. The van der Waals surface area contributed by atoms with E-state index < -0.39 is 35.5 Å². The Morgan fingerprint density at radius 3 is 1.43 bits per heavy atom. The lowest BCUT2D eigenvalue weighted by Crippen LogP contribution is -2.47. The highest BCUT2D eigenvalue weighted by Crippen LogP contribution is 2.24. The first-order valence-electron chi connectivity index (χ1n) is 17.0. The zero-order chi connectivity index (χ0) is 33.9. The summed E-state index contributed by atoms with van der Waals surface area (Å²) in [7, 11) is 0. The lowest BCUT2D eigenvalue weighted by molar-refractivity contribution is -0.129. The molecule has 46 heavy (non-hydrogen) atoms. The van der Waals surface area contributed by atoms with E-state index in [4.69, 9.17) is 0 Å². The van der Waals surface area contributed by atoms with E-state index in [1.807, 2.05) is 6.92 Å². The Kier molecular flexibility index (Phi) is 17.3. The van der Waals surface area contributed by atoms with Gasteiger partial charge in [0.15, 0.2) is 0 Å². The minimum absolute atomic E-state index is 0.0531. The summed E-state index contributed by atoms with van der Waals surface area (Å²) in [6, 6.07) is 9.83. The fraction of sp³-hybridized carbons (Fsp3) is 0.556. The summed E-state index contributed by atoms with van der Waals surface area (Å²) in [5.74, 6) is -3.63. The maximum absolute atomic E-state index is 13.2. The van der Waals surface area contributed by atoms with Gasteiger partial charge in [-0.05, 0) is 80.3 Å². The van der Waals surface area contributed by atoms with Gasteiger partial charge >= 0.3 is 0 Å². The molecule has 254 valence electrons. The summed E-state index contributed by atoms with van der Waals surface area (Å²) < 4.78 is 0. The summed E-state index contributed by atoms with van der Waals surface area (Å²) in [5, 5.41) is 20.8. The number of hydrogen-bond donors (Lipinski definition) is 6. The number of phenolic OH excluding ortho intramolecular Hbond substituents is 2. The fourth-order valence-corrected chi connectivity index (χ4v) is 5.38. The van der Waals surface area contributed by atoms with Crippen LogP contribution in [-0.4, -0.2) is 33.8 Å². The van der Waals surface area contributed by atoms with E-state index in [1.165, 1.54) is 0 Å². The average Bonchev–Trinajstić information content (AvgIpc) is 3.04. The Hall–Kier alpha value is -4.08. The summed E-state index contributed by atoms with van der Waals surface area (Å²) >= 11 is 0. The van der Waals surface area contributed by atoms with Crippen LogP contribution < -0.4 is 21.7 Å². The molecule has 0 aliphatic rings. The van der Waals surface area contributed by atoms with Crippen molar-refractivity contribution in [3.63, 3.8) is 0 Å². The summed E-state index contributed by atoms with van der Waals surface area (Å²) in [6.45, 7) is 8.12. The molecular formula is C36H54N4O6. The SMILES string of the molecule is CCCCCc1ccc(C(=O)NNC(=O)C(CC)CC(CCCCC)C(=O)NNC(=O)c2ccc(CCCCC)cc2O)c(O)c1. The number of hydrogen-bond acceptors (Lipinski definition) is 6. The average molecular weight is 639 g/mol. The molecule has 0 radical (unpaired) electrons. The van der Waals surface area contributed by atoms with Crippen LogP contribution in [0.25, 0.3) is 0 Å². The Labute approximate surface area is 274 Å². The van der Waals surface area contributed by atoms with Crippen molar-refractivity contribution in [3.05, 3.63) is 58.7 Å². The molecule has 0 aromatic heterocycles. The van der Waals surface area contributed by atoms with Gasteiger partial charge in [0.05, 0.1) is 11.1 Å². The Balaban J connectivity index is 1.98. The predicted molar refractivity (Wildman–Crippen MR) is 180 cm³/mol. The van der Waals surface area contributed by atoms with Crippen LogP contribution in [0.5, 0.6) is 11.5 Å². The molecular weight excluding hydrogens is 584 g/mol. The summed E-state index contributed by atoms with van der Waals surface area (Å²) in [6.07, 6.45) is 11.7. The number of hydrazine groups is 2. The van der Waals surface area contributed by atoms with E-state index in [-0.39, 0.29) is 29.0 Å². The lowest BCUT2D eigenvalue weighted by Gasteiger charge is -2.22. The molecule has 10 nitrogen and oxygen atoms in total. The number of unbranched alkanes of at least 4 members (excludes halogenated alkanes) is 6. The highest BCUT2D eigenvalue weighted by molar-refractivity contribution is 5.98. The number of benzene rings is 2. The molecule has 0 saturated carbocycles. The van der Waals surface area contributed by atoms with Crippen molar-refractivity contribution in [3.8, 4) is 11.5 Å². The molecule has 2 unspecified atom stereocenters. The van der Waals surface area contributed by atoms with Crippen LogP contribution in [0.3, 0.4) is 0 Å². The van der Waals surface area contributed by atoms with E-state index >= 15 is 0 Å². The van der Waals surface area contributed by atoms with Gasteiger partial charge in [-0.25, -0.2) is 0 Å². The van der Waals surface area contributed by atoms with Crippen molar-refractivity contribution in [2.75, 3.05) is 0 Å². The van der Waals surface area contributed by atoms with Crippen molar-refractivity contribution in [2.45, 2.75) is 118 Å². The fourth-order valence-electron chi connectivity index (χ4n) is 5.38. The zero-order valence-electron chi connectivity index (χ0n) is 28.0. The molecule has 0 spiro atoms. The zero-order valence-corrected chi connectivity index (χ0v) is 28.0. The van der Waals surface area contributed by atoms with Crippen LogP contribution in [0.1, 0.15) is 137 Å². The van der Waals surface area contributed by atoms with Crippen LogP contribution in [0, 0.1) is 11.8 Å². The molecule has 0 saturated heterocycles. The highest BCUT2D eigenvalue weighted by Gasteiger charge is 2.27. The van der Waals surface area contributed by atoms with Gasteiger partial charge in [0, 0.05) is 11.8 Å². The van der Waals surface area contributed by atoms with E-state index in [1.54, 1.807) is 36.4 Å². The van der Waals surface area contributed by atoms with E-state index in [2.05, 4.69) is 42.5 Å². The van der Waals surface area contributed by atoms with Gasteiger partial charge in [-0.1, -0.05) is 84.8 Å². The van der Waals surface area contributed by atoms with Crippen LogP contribution in [0.15, 0.2) is 36.4 Å². The number of amides is 4. The number of carbonyl (C=O) groups excluding carboxylic acids is 4. The molecule has 2 aromatic carbocycles. The Morgan fingerprint density at radius 1 is 0.587 bits per heavy atom. The second-order valence-electron chi connectivity index (χ2n) is 12.0. The van der Waals surface area contributed by atoms with Crippen LogP contribution in [-0.2, 0) is 22.4 Å². The number of carbonyl (C=O) groups is 4. The molecule has 6 N–H and O–H groups in total. The molecule has 10 heteroatoms. The molecule has 4 amide bonds. The largest absolute Gasteiger partial charge is 0.507 e. The molecule has 0 bridgehead atoms. The van der Waals surface area contributed by atoms with E-state index in [0.29, 0.717) is 12.8 Å². The van der Waals surface area contributed by atoms with Crippen molar-refractivity contribution in [1.29, 1.82) is 0 Å². The molecule has 2 aromatic rings. The van der Waals surface area contributed by atoms with Gasteiger partial charge in [-0.2, -0.15) is 0 Å². The quantitative estimate of drug-likeness (QED) is 0.0773. The topological polar surface area (TPSA) is 157 Å². The molecule has 0 aliphatic carbocycles. The lowest BCUT2D eigenvalue weighted by atomic mass is 9.88. The Morgan fingerprint density at radius 2 is 1.02 bits per heavy atom. The standard InChI is InChI=1S/C36H54N4O6/c1-5-9-12-15-25-18-20-29(31(41)22-25)35(45)39-37-33(43)27(8-4)24-28(17-14-11-7-3)34(44)38-40-36(46)30-21-19-26(23-32(30)42)16-13-10-6-2/h18-23,27-28,41-42H,5-17,24H2,1-4H3,(H,37,43)(H,38,44)(H,39,45)(H,40,46). The van der Waals surface area contributed by atoms with Gasteiger partial charge in [0.1, 0.15) is 11.5 Å². The second kappa shape index (κ2) is 20.9. The molecule has 2 rings (SSSR count). The second-order valence-corrected chi connectivity index (χ2v) is 12.0.